The summed E-state index contributed by atoms with van der Waals surface area (Å²) in [5.74, 6) is 2.14. The molecule has 0 aliphatic rings. The van der Waals surface area contributed by atoms with E-state index >= 15 is 0 Å². The molecule has 0 aliphatic carbocycles. The van der Waals surface area contributed by atoms with E-state index in [9.17, 15) is 0 Å². The van der Waals surface area contributed by atoms with Crippen LogP contribution >= 0.6 is 0 Å². The second-order valence-electron chi connectivity index (χ2n) is 4.16. The smallest absolute Gasteiger partial charge is 0.203 e. The third-order valence-electron chi connectivity index (χ3n) is 2.67. The maximum Gasteiger partial charge on any atom is 0.203 e. The van der Waals surface area contributed by atoms with Gasteiger partial charge in [0.25, 0.3) is 0 Å². The van der Waals surface area contributed by atoms with Gasteiger partial charge < -0.3 is 19.5 Å². The summed E-state index contributed by atoms with van der Waals surface area (Å²) in [5, 5.41) is 3.11. The number of aryl methyl sites for hydroxylation is 1. The van der Waals surface area contributed by atoms with Crippen molar-refractivity contribution in [3.05, 3.63) is 17.7 Å². The number of hydrogen-bond donors (Lipinski definition) is 1. The van der Waals surface area contributed by atoms with E-state index in [2.05, 4.69) is 5.32 Å². The van der Waals surface area contributed by atoms with Gasteiger partial charge in [-0.05, 0) is 51.1 Å². The molecule has 0 aromatic heterocycles. The van der Waals surface area contributed by atoms with Gasteiger partial charge in [-0.2, -0.15) is 0 Å². The second kappa shape index (κ2) is 7.82. The van der Waals surface area contributed by atoms with E-state index in [-0.39, 0.29) is 0 Å². The Balaban J connectivity index is 2.67. The highest BCUT2D eigenvalue weighted by molar-refractivity contribution is 5.53. The van der Waals surface area contributed by atoms with Crippen LogP contribution < -0.4 is 19.5 Å². The minimum absolute atomic E-state index is 0.664. The van der Waals surface area contributed by atoms with Gasteiger partial charge in [0.05, 0.1) is 20.8 Å². The van der Waals surface area contributed by atoms with Gasteiger partial charge in [0.15, 0.2) is 11.5 Å². The summed E-state index contributed by atoms with van der Waals surface area (Å²) in [7, 11) is 5.23. The van der Waals surface area contributed by atoms with Crippen molar-refractivity contribution in [1.82, 2.24) is 5.32 Å². The van der Waals surface area contributed by atoms with Crippen molar-refractivity contribution in [3.8, 4) is 17.2 Å². The molecule has 0 unspecified atom stereocenters. The summed E-state index contributed by atoms with van der Waals surface area (Å²) in [4.78, 5) is 0. The molecule has 0 bridgehead atoms. The highest BCUT2D eigenvalue weighted by atomic mass is 16.5. The normalized spacial score (nSPS) is 10.2. The number of ether oxygens (including phenoxy) is 3. The summed E-state index contributed by atoms with van der Waals surface area (Å²) in [5.41, 5.74) is 1.09. The Kier molecular flexibility index (Phi) is 6.36. The van der Waals surface area contributed by atoms with Gasteiger partial charge in [-0.25, -0.2) is 0 Å². The Morgan fingerprint density at radius 3 is 2.17 bits per heavy atom. The van der Waals surface area contributed by atoms with E-state index in [0.29, 0.717) is 12.4 Å². The standard InChI is InChI=1S/C14H23NO3/c1-11-9-12(16-3)14(13(10-11)17-4)18-8-6-5-7-15-2/h9-10,15H,5-8H2,1-4H3. The van der Waals surface area contributed by atoms with Crippen LogP contribution in [-0.2, 0) is 0 Å². The van der Waals surface area contributed by atoms with Gasteiger partial charge in [-0.3, -0.25) is 0 Å². The number of rotatable bonds is 8. The Morgan fingerprint density at radius 1 is 1.06 bits per heavy atom. The van der Waals surface area contributed by atoms with Crippen LogP contribution in [0.1, 0.15) is 18.4 Å². The lowest BCUT2D eigenvalue weighted by Gasteiger charge is -2.15. The quantitative estimate of drug-likeness (QED) is 0.722. The van der Waals surface area contributed by atoms with E-state index in [1.165, 1.54) is 0 Å². The highest BCUT2D eigenvalue weighted by Gasteiger charge is 2.12. The first-order valence-electron chi connectivity index (χ1n) is 6.23. The topological polar surface area (TPSA) is 39.7 Å². The van der Waals surface area contributed by atoms with Crippen molar-refractivity contribution in [1.29, 1.82) is 0 Å². The van der Waals surface area contributed by atoms with Crippen LogP contribution in [0.3, 0.4) is 0 Å². The lowest BCUT2D eigenvalue weighted by Crippen LogP contribution is -2.09. The first-order chi connectivity index (χ1) is 8.72. The number of unbranched alkanes of at least 4 members (excludes halogenated alkanes) is 1. The predicted molar refractivity (Wildman–Crippen MR) is 72.9 cm³/mol. The van der Waals surface area contributed by atoms with E-state index in [1.807, 2.05) is 26.1 Å². The van der Waals surface area contributed by atoms with Gasteiger partial charge in [0.2, 0.25) is 5.75 Å². The minimum atomic E-state index is 0.664. The monoisotopic (exact) mass is 253 g/mol. The minimum Gasteiger partial charge on any atom is -0.493 e. The molecule has 0 aliphatic heterocycles. The van der Waals surface area contributed by atoms with Crippen molar-refractivity contribution < 1.29 is 14.2 Å². The van der Waals surface area contributed by atoms with Gasteiger partial charge in [-0.15, -0.1) is 0 Å². The van der Waals surface area contributed by atoms with Crippen LogP contribution in [0.2, 0.25) is 0 Å². The molecule has 0 spiro atoms. The zero-order valence-corrected chi connectivity index (χ0v) is 11.7. The fourth-order valence-corrected chi connectivity index (χ4v) is 1.73. The lowest BCUT2D eigenvalue weighted by molar-refractivity contribution is 0.268. The molecule has 0 atom stereocenters. The molecule has 102 valence electrons. The molecule has 0 fully saturated rings. The molecule has 0 heterocycles. The van der Waals surface area contributed by atoms with Crippen molar-refractivity contribution in [3.63, 3.8) is 0 Å². The Hall–Kier alpha value is -1.42. The van der Waals surface area contributed by atoms with E-state index < -0.39 is 0 Å². The highest BCUT2D eigenvalue weighted by Crippen LogP contribution is 2.38. The molecule has 0 radical (unpaired) electrons. The summed E-state index contributed by atoms with van der Waals surface area (Å²) in [6, 6.07) is 3.90. The SMILES string of the molecule is CNCCCCOc1c(OC)cc(C)cc1OC. The molecule has 1 N–H and O–H groups in total. The van der Waals surface area contributed by atoms with E-state index in [4.69, 9.17) is 14.2 Å². The molecule has 1 rings (SSSR count). The molecule has 1 aromatic carbocycles. The molecule has 4 nitrogen and oxygen atoms in total. The van der Waals surface area contributed by atoms with Crippen molar-refractivity contribution in [2.75, 3.05) is 34.4 Å². The molecular formula is C14H23NO3. The van der Waals surface area contributed by atoms with Crippen LogP contribution in [0.4, 0.5) is 0 Å². The second-order valence-corrected chi connectivity index (χ2v) is 4.16. The van der Waals surface area contributed by atoms with Gasteiger partial charge in [0, 0.05) is 0 Å². The molecule has 0 saturated heterocycles. The van der Waals surface area contributed by atoms with E-state index in [0.717, 1.165) is 36.4 Å². The summed E-state index contributed by atoms with van der Waals surface area (Å²) < 4.78 is 16.4. The first kappa shape index (κ1) is 14.6. The van der Waals surface area contributed by atoms with Crippen LogP contribution in [-0.4, -0.2) is 34.4 Å². The van der Waals surface area contributed by atoms with Crippen LogP contribution in [0.15, 0.2) is 12.1 Å². The average molecular weight is 253 g/mol. The Bertz CT molecular complexity index is 341. The third kappa shape index (κ3) is 4.11. The van der Waals surface area contributed by atoms with Crippen LogP contribution in [0, 0.1) is 6.92 Å². The maximum absolute atomic E-state index is 5.77. The lowest BCUT2D eigenvalue weighted by atomic mass is 10.2. The number of nitrogens with one attached hydrogen (secondary N) is 1. The zero-order valence-electron chi connectivity index (χ0n) is 11.7. The van der Waals surface area contributed by atoms with Crippen LogP contribution in [0.25, 0.3) is 0 Å². The third-order valence-corrected chi connectivity index (χ3v) is 2.67. The maximum atomic E-state index is 5.77. The fraction of sp³-hybridized carbons (Fsp3) is 0.571. The van der Waals surface area contributed by atoms with E-state index in [1.54, 1.807) is 14.2 Å². The molecule has 4 heteroatoms. The Morgan fingerprint density at radius 2 is 1.67 bits per heavy atom. The predicted octanol–water partition coefficient (Wildman–Crippen LogP) is 2.39. The van der Waals surface area contributed by atoms with Gasteiger partial charge in [0.1, 0.15) is 0 Å². The number of methoxy groups -OCH3 is 2. The first-order valence-corrected chi connectivity index (χ1v) is 6.23. The van der Waals surface area contributed by atoms with Gasteiger partial charge >= 0.3 is 0 Å². The Labute approximate surface area is 109 Å². The number of hydrogen-bond acceptors (Lipinski definition) is 4. The zero-order chi connectivity index (χ0) is 13.4. The average Bonchev–Trinajstić information content (AvgIpc) is 2.39. The van der Waals surface area contributed by atoms with Crippen molar-refractivity contribution in [2.45, 2.75) is 19.8 Å². The fourth-order valence-electron chi connectivity index (χ4n) is 1.73. The summed E-state index contributed by atoms with van der Waals surface area (Å²) >= 11 is 0. The molecule has 0 saturated carbocycles. The largest absolute Gasteiger partial charge is 0.493 e. The molecular weight excluding hydrogens is 230 g/mol. The van der Waals surface area contributed by atoms with Gasteiger partial charge in [-0.1, -0.05) is 0 Å². The van der Waals surface area contributed by atoms with Crippen LogP contribution in [0.5, 0.6) is 17.2 Å². The number of benzene rings is 1. The summed E-state index contributed by atoms with van der Waals surface area (Å²) in [6.45, 7) is 3.67. The molecule has 1 aromatic rings. The molecule has 0 amide bonds. The van der Waals surface area contributed by atoms with Crippen molar-refractivity contribution in [2.24, 2.45) is 0 Å². The molecule has 18 heavy (non-hydrogen) atoms. The van der Waals surface area contributed by atoms with Crippen molar-refractivity contribution >= 4 is 0 Å². The summed E-state index contributed by atoms with van der Waals surface area (Å²) in [6.07, 6.45) is 2.09.